The third kappa shape index (κ3) is 4.48. The maximum Gasteiger partial charge on any atom is 0.250 e. The molecule has 0 aliphatic carbocycles. The summed E-state index contributed by atoms with van der Waals surface area (Å²) in [6.45, 7) is 3.75. The summed E-state index contributed by atoms with van der Waals surface area (Å²) in [5, 5.41) is 3.50. The number of morpholine rings is 1. The van der Waals surface area contributed by atoms with Crippen LogP contribution in [0.2, 0.25) is 0 Å². The second-order valence-electron chi connectivity index (χ2n) is 8.04. The second-order valence-corrected chi connectivity index (χ2v) is 11.1. The molecule has 9 heteroatoms. The van der Waals surface area contributed by atoms with Crippen LogP contribution in [0.5, 0.6) is 0 Å². The van der Waals surface area contributed by atoms with Crippen molar-refractivity contribution in [3.8, 4) is 11.3 Å². The van der Waals surface area contributed by atoms with E-state index in [0.717, 1.165) is 42.3 Å². The molecule has 6 rings (SSSR count). The number of nitrogens with zero attached hydrogens (tertiary/aromatic N) is 2. The van der Waals surface area contributed by atoms with Gasteiger partial charge < -0.3 is 19.9 Å². The van der Waals surface area contributed by atoms with Crippen LogP contribution in [-0.4, -0.2) is 36.3 Å². The fourth-order valence-electron chi connectivity index (χ4n) is 4.12. The fourth-order valence-corrected chi connectivity index (χ4v) is 7.07. The van der Waals surface area contributed by atoms with Gasteiger partial charge in [-0.15, -0.1) is 11.3 Å². The Balaban J connectivity index is 1.29. The summed E-state index contributed by atoms with van der Waals surface area (Å²) in [7, 11) is 0. The monoisotopic (exact) mass is 506 g/mol. The molecule has 172 valence electrons. The molecule has 0 amide bonds. The summed E-state index contributed by atoms with van der Waals surface area (Å²) in [6, 6.07) is 16.6. The molecule has 2 aliphatic rings. The van der Waals surface area contributed by atoms with Crippen molar-refractivity contribution in [3.05, 3.63) is 75.5 Å². The normalized spacial score (nSPS) is 15.0. The first-order valence-electron chi connectivity index (χ1n) is 11.0. The molecule has 0 bridgehead atoms. The number of anilines is 2. The number of H-pyrrole nitrogens is 1. The molecule has 4 aromatic rings. The van der Waals surface area contributed by atoms with E-state index in [2.05, 4.69) is 62.6 Å². The zero-order chi connectivity index (χ0) is 22.9. The Morgan fingerprint density at radius 3 is 2.79 bits per heavy atom. The Labute approximate surface area is 209 Å². The van der Waals surface area contributed by atoms with Crippen LogP contribution in [0.1, 0.15) is 4.88 Å². The first-order chi connectivity index (χ1) is 16.7. The molecule has 2 aliphatic heterocycles. The number of rotatable bonds is 5. The van der Waals surface area contributed by atoms with Gasteiger partial charge in [-0.25, -0.2) is 0 Å². The van der Waals surface area contributed by atoms with Gasteiger partial charge in [0.1, 0.15) is 0 Å². The number of hydrogen-bond donors (Lipinski definition) is 2. The predicted molar refractivity (Wildman–Crippen MR) is 140 cm³/mol. The summed E-state index contributed by atoms with van der Waals surface area (Å²) in [5.41, 5.74) is 5.73. The maximum absolute atomic E-state index is 12.5. The van der Waals surface area contributed by atoms with Gasteiger partial charge in [0.25, 0.3) is 0 Å². The number of thiazole rings is 1. The van der Waals surface area contributed by atoms with Crippen molar-refractivity contribution in [1.29, 1.82) is 0 Å². The SMILES string of the molecule is O=c1cc(N2CCOCC2)cc(-c2cccc3c2Sc2ccc(NCc4cncs4)cc2S3)[nH]1. The van der Waals surface area contributed by atoms with Crippen LogP contribution in [0, 0.1) is 0 Å². The van der Waals surface area contributed by atoms with E-state index in [1.165, 1.54) is 24.5 Å². The minimum Gasteiger partial charge on any atom is -0.380 e. The second kappa shape index (κ2) is 9.50. The van der Waals surface area contributed by atoms with E-state index in [1.54, 1.807) is 40.9 Å². The largest absolute Gasteiger partial charge is 0.380 e. The van der Waals surface area contributed by atoms with E-state index in [1.807, 2.05) is 11.7 Å². The average molecular weight is 507 g/mol. The fraction of sp³-hybridized carbons (Fsp3) is 0.200. The summed E-state index contributed by atoms with van der Waals surface area (Å²) in [6.07, 6.45) is 1.90. The third-order valence-corrected chi connectivity index (χ3v) is 9.18. The Bertz CT molecular complexity index is 1380. The highest BCUT2D eigenvalue weighted by atomic mass is 32.2. The highest BCUT2D eigenvalue weighted by molar-refractivity contribution is 8.05. The number of benzene rings is 2. The van der Waals surface area contributed by atoms with E-state index in [4.69, 9.17) is 4.74 Å². The van der Waals surface area contributed by atoms with Crippen molar-refractivity contribution >= 4 is 46.2 Å². The number of fused-ring (bicyclic) bond motifs is 2. The zero-order valence-corrected chi connectivity index (χ0v) is 20.7. The molecule has 34 heavy (non-hydrogen) atoms. The summed E-state index contributed by atoms with van der Waals surface area (Å²) < 4.78 is 5.48. The molecule has 1 saturated heterocycles. The van der Waals surface area contributed by atoms with Gasteiger partial charge in [-0.3, -0.25) is 9.78 Å². The van der Waals surface area contributed by atoms with Gasteiger partial charge in [0.15, 0.2) is 0 Å². The van der Waals surface area contributed by atoms with Gasteiger partial charge in [0.2, 0.25) is 5.56 Å². The molecule has 0 radical (unpaired) electrons. The number of aromatic nitrogens is 2. The van der Waals surface area contributed by atoms with Crippen molar-refractivity contribution in [2.45, 2.75) is 26.1 Å². The molecule has 2 aromatic heterocycles. The lowest BCUT2D eigenvalue weighted by Crippen LogP contribution is -2.36. The van der Waals surface area contributed by atoms with Gasteiger partial charge in [0.05, 0.1) is 31.0 Å². The van der Waals surface area contributed by atoms with E-state index < -0.39 is 0 Å². The minimum atomic E-state index is -0.0814. The quantitative estimate of drug-likeness (QED) is 0.323. The van der Waals surface area contributed by atoms with Crippen molar-refractivity contribution in [2.75, 3.05) is 36.5 Å². The Morgan fingerprint density at radius 2 is 1.94 bits per heavy atom. The van der Waals surface area contributed by atoms with Crippen LogP contribution < -0.4 is 15.8 Å². The van der Waals surface area contributed by atoms with Crippen molar-refractivity contribution in [3.63, 3.8) is 0 Å². The molecule has 2 N–H and O–H groups in total. The van der Waals surface area contributed by atoms with E-state index in [0.29, 0.717) is 13.2 Å². The topological polar surface area (TPSA) is 70.2 Å². The van der Waals surface area contributed by atoms with Crippen LogP contribution in [0.4, 0.5) is 11.4 Å². The van der Waals surface area contributed by atoms with Gasteiger partial charge in [-0.2, -0.15) is 0 Å². The molecule has 2 aromatic carbocycles. The van der Waals surface area contributed by atoms with Crippen molar-refractivity contribution < 1.29 is 4.74 Å². The van der Waals surface area contributed by atoms with Crippen LogP contribution in [0.15, 0.2) is 84.6 Å². The Hall–Kier alpha value is -2.72. The molecule has 0 spiro atoms. The van der Waals surface area contributed by atoms with E-state index >= 15 is 0 Å². The van der Waals surface area contributed by atoms with Crippen LogP contribution in [0.25, 0.3) is 11.3 Å². The van der Waals surface area contributed by atoms with Crippen LogP contribution in [0.3, 0.4) is 0 Å². The highest BCUT2D eigenvalue weighted by Crippen LogP contribution is 2.52. The van der Waals surface area contributed by atoms with Gasteiger partial charge in [-0.1, -0.05) is 35.7 Å². The van der Waals surface area contributed by atoms with Crippen LogP contribution in [-0.2, 0) is 11.3 Å². The maximum atomic E-state index is 12.5. The minimum absolute atomic E-state index is 0.0814. The lowest BCUT2D eigenvalue weighted by atomic mass is 10.1. The van der Waals surface area contributed by atoms with Gasteiger partial charge in [0, 0.05) is 66.8 Å². The first kappa shape index (κ1) is 21.8. The standard InChI is InChI=1S/C25H22N4O2S3/c30-24-12-17(29-6-8-31-9-7-29)11-20(28-24)19-2-1-3-22-25(19)34-21-5-4-16(10-23(21)33-22)27-14-18-13-26-15-32-18/h1-5,10-13,15,27H,6-9,14H2,(H,28,30). The van der Waals surface area contributed by atoms with Gasteiger partial charge in [-0.05, 0) is 30.3 Å². The Morgan fingerprint density at radius 1 is 1.03 bits per heavy atom. The molecular formula is C25H22N4O2S3. The summed E-state index contributed by atoms with van der Waals surface area (Å²) >= 11 is 5.19. The molecule has 0 unspecified atom stereocenters. The van der Waals surface area contributed by atoms with E-state index in [9.17, 15) is 4.79 Å². The lowest BCUT2D eigenvalue weighted by molar-refractivity contribution is 0.122. The molecule has 1 fully saturated rings. The van der Waals surface area contributed by atoms with Crippen LogP contribution >= 0.6 is 34.9 Å². The Kier molecular flexibility index (Phi) is 6.09. The zero-order valence-electron chi connectivity index (χ0n) is 18.2. The molecular weight excluding hydrogens is 485 g/mol. The first-order valence-corrected chi connectivity index (χ1v) is 13.6. The number of nitrogens with one attached hydrogen (secondary N) is 2. The van der Waals surface area contributed by atoms with E-state index in [-0.39, 0.29) is 5.56 Å². The highest BCUT2D eigenvalue weighted by Gasteiger charge is 2.22. The number of ether oxygens (including phenoxy) is 1. The summed E-state index contributed by atoms with van der Waals surface area (Å²) in [4.78, 5) is 28.0. The molecule has 4 heterocycles. The van der Waals surface area contributed by atoms with Crippen molar-refractivity contribution in [2.24, 2.45) is 0 Å². The van der Waals surface area contributed by atoms with Gasteiger partial charge >= 0.3 is 0 Å². The number of hydrogen-bond acceptors (Lipinski definition) is 8. The molecule has 0 atom stereocenters. The number of pyridine rings is 1. The lowest BCUT2D eigenvalue weighted by Gasteiger charge is -2.29. The third-order valence-electron chi connectivity index (χ3n) is 5.80. The average Bonchev–Trinajstić information content (AvgIpc) is 3.40. The predicted octanol–water partition coefficient (Wildman–Crippen LogP) is 5.56. The number of aromatic amines is 1. The molecule has 6 nitrogen and oxygen atoms in total. The summed E-state index contributed by atoms with van der Waals surface area (Å²) in [5.74, 6) is 0. The van der Waals surface area contributed by atoms with Crippen molar-refractivity contribution in [1.82, 2.24) is 9.97 Å². The smallest absolute Gasteiger partial charge is 0.250 e. The molecule has 0 saturated carbocycles.